The van der Waals surface area contributed by atoms with E-state index < -0.39 is 11.7 Å². The van der Waals surface area contributed by atoms with Gasteiger partial charge in [-0.25, -0.2) is 4.98 Å². The molecular weight excluding hydrogens is 439 g/mol. The van der Waals surface area contributed by atoms with E-state index in [4.69, 9.17) is 4.74 Å². The minimum atomic E-state index is -4.41. The Morgan fingerprint density at radius 1 is 1.19 bits per heavy atom. The van der Waals surface area contributed by atoms with Crippen LogP contribution in [0.4, 0.5) is 13.2 Å². The molecule has 2 aromatic heterocycles. The first kappa shape index (κ1) is 21.5. The van der Waals surface area contributed by atoms with Crippen LogP contribution in [0.3, 0.4) is 0 Å². The Kier molecular flexibility index (Phi) is 5.71. The molecule has 0 unspecified atom stereocenters. The highest BCUT2D eigenvalue weighted by Crippen LogP contribution is 2.38. The second-order valence-corrected chi connectivity index (χ2v) is 9.24. The number of carbonyl (C=O) groups excluding carboxylic acids is 1. The number of hydrogen-bond donors (Lipinski definition) is 0. The Hall–Kier alpha value is -2.39. The van der Waals surface area contributed by atoms with Crippen LogP contribution in [0.2, 0.25) is 0 Å². The van der Waals surface area contributed by atoms with Crippen LogP contribution in [0.5, 0.6) is 0 Å². The quantitative estimate of drug-likeness (QED) is 0.522. The summed E-state index contributed by atoms with van der Waals surface area (Å²) < 4.78 is 47.6. The lowest BCUT2D eigenvalue weighted by Crippen LogP contribution is -2.40. The number of amides is 1. The van der Waals surface area contributed by atoms with Gasteiger partial charge in [0.1, 0.15) is 11.9 Å². The maximum absolute atomic E-state index is 13.2. The normalized spacial score (nSPS) is 20.3. The first-order chi connectivity index (χ1) is 15.4. The number of hydrogen-bond acceptors (Lipinski definition) is 4. The van der Waals surface area contributed by atoms with Crippen molar-refractivity contribution >= 4 is 28.3 Å². The molecule has 0 N–H and O–H groups in total. The fraction of sp³-hybridized carbons (Fsp3) is 0.478. The molecule has 2 fully saturated rings. The van der Waals surface area contributed by atoms with Gasteiger partial charge in [-0.2, -0.15) is 24.5 Å². The van der Waals surface area contributed by atoms with E-state index in [1.165, 1.54) is 6.07 Å². The van der Waals surface area contributed by atoms with Gasteiger partial charge in [-0.3, -0.25) is 4.79 Å². The number of rotatable bonds is 4. The van der Waals surface area contributed by atoms with Crippen LogP contribution >= 0.6 is 11.3 Å². The zero-order valence-electron chi connectivity index (χ0n) is 17.5. The molecule has 1 aromatic carbocycles. The maximum Gasteiger partial charge on any atom is 0.416 e. The van der Waals surface area contributed by atoms with Crippen molar-refractivity contribution in [2.75, 3.05) is 19.7 Å². The summed E-state index contributed by atoms with van der Waals surface area (Å²) in [6.07, 6.45) is -0.997. The monoisotopic (exact) mass is 463 g/mol. The lowest BCUT2D eigenvalue weighted by atomic mass is 10.0. The number of piperidine rings is 1. The zero-order chi connectivity index (χ0) is 22.3. The Balaban J connectivity index is 1.40. The van der Waals surface area contributed by atoms with E-state index in [2.05, 4.69) is 9.55 Å². The number of benzene rings is 1. The smallest absolute Gasteiger partial charge is 0.370 e. The molecule has 0 radical (unpaired) electrons. The maximum atomic E-state index is 13.2. The van der Waals surface area contributed by atoms with Crippen LogP contribution in [0.25, 0.3) is 11.0 Å². The fourth-order valence-electron chi connectivity index (χ4n) is 4.74. The van der Waals surface area contributed by atoms with Gasteiger partial charge in [0.2, 0.25) is 5.91 Å². The van der Waals surface area contributed by atoms with Crippen LogP contribution in [0, 0.1) is 0 Å². The summed E-state index contributed by atoms with van der Waals surface area (Å²) in [7, 11) is 0. The van der Waals surface area contributed by atoms with Gasteiger partial charge in [-0.05, 0) is 66.3 Å². The number of likely N-dealkylation sites (tertiary alicyclic amines) is 1. The van der Waals surface area contributed by atoms with Crippen LogP contribution in [0.15, 0.2) is 35.0 Å². The van der Waals surface area contributed by atoms with Crippen molar-refractivity contribution in [2.45, 2.75) is 50.4 Å². The minimum Gasteiger partial charge on any atom is -0.370 e. The molecule has 0 saturated carbocycles. The SMILES string of the molecule is O=C(Cc1ccsc1)N1CCC(n2c([C@@H]3CCCO3)nc3cc(C(F)(F)F)ccc32)CC1. The van der Waals surface area contributed by atoms with E-state index >= 15 is 0 Å². The molecular formula is C23H24F3N3O2S. The summed E-state index contributed by atoms with van der Waals surface area (Å²) in [6.45, 7) is 1.88. The molecule has 5 rings (SSSR count). The second kappa shape index (κ2) is 8.51. The molecule has 32 heavy (non-hydrogen) atoms. The largest absolute Gasteiger partial charge is 0.416 e. The second-order valence-electron chi connectivity index (χ2n) is 8.46. The number of imidazole rings is 1. The van der Waals surface area contributed by atoms with E-state index in [0.717, 1.165) is 43.4 Å². The third-order valence-corrected chi connectivity index (χ3v) is 7.11. The first-order valence-electron chi connectivity index (χ1n) is 10.9. The van der Waals surface area contributed by atoms with Crippen LogP contribution < -0.4 is 0 Å². The predicted octanol–water partition coefficient (Wildman–Crippen LogP) is 5.37. The molecule has 2 aliphatic rings. The highest BCUT2D eigenvalue weighted by atomic mass is 32.1. The minimum absolute atomic E-state index is 0.0705. The summed E-state index contributed by atoms with van der Waals surface area (Å²) >= 11 is 1.58. The van der Waals surface area contributed by atoms with Gasteiger partial charge < -0.3 is 14.2 Å². The lowest BCUT2D eigenvalue weighted by Gasteiger charge is -2.34. The Labute approximate surface area is 187 Å². The average molecular weight is 464 g/mol. The summed E-state index contributed by atoms with van der Waals surface area (Å²) in [5.41, 5.74) is 1.39. The van der Waals surface area contributed by atoms with Crippen molar-refractivity contribution in [3.63, 3.8) is 0 Å². The van der Waals surface area contributed by atoms with Gasteiger partial charge in [0.05, 0.1) is 23.0 Å². The van der Waals surface area contributed by atoms with Crippen molar-refractivity contribution in [1.82, 2.24) is 14.5 Å². The molecule has 170 valence electrons. The van der Waals surface area contributed by atoms with E-state index in [1.807, 2.05) is 21.7 Å². The lowest BCUT2D eigenvalue weighted by molar-refractivity contribution is -0.137. The molecule has 4 heterocycles. The van der Waals surface area contributed by atoms with Crippen molar-refractivity contribution in [3.8, 4) is 0 Å². The Bertz CT molecular complexity index is 1100. The van der Waals surface area contributed by atoms with Crippen LogP contribution in [-0.4, -0.2) is 40.1 Å². The first-order valence-corrected chi connectivity index (χ1v) is 11.8. The van der Waals surface area contributed by atoms with Gasteiger partial charge in [0.15, 0.2) is 0 Å². The zero-order valence-corrected chi connectivity index (χ0v) is 18.3. The Morgan fingerprint density at radius 2 is 2.00 bits per heavy atom. The van der Waals surface area contributed by atoms with Crippen LogP contribution in [-0.2, 0) is 22.1 Å². The van der Waals surface area contributed by atoms with E-state index in [1.54, 1.807) is 11.3 Å². The van der Waals surface area contributed by atoms with Crippen molar-refractivity contribution in [3.05, 3.63) is 52.0 Å². The summed E-state index contributed by atoms with van der Waals surface area (Å²) in [5.74, 6) is 0.825. The molecule has 1 atom stereocenters. The Morgan fingerprint density at radius 3 is 2.66 bits per heavy atom. The van der Waals surface area contributed by atoms with Gasteiger partial charge >= 0.3 is 6.18 Å². The van der Waals surface area contributed by atoms with Crippen molar-refractivity contribution in [1.29, 1.82) is 0 Å². The van der Waals surface area contributed by atoms with Gasteiger partial charge in [-0.15, -0.1) is 0 Å². The predicted molar refractivity (Wildman–Crippen MR) is 116 cm³/mol. The van der Waals surface area contributed by atoms with E-state index in [-0.39, 0.29) is 18.1 Å². The van der Waals surface area contributed by atoms with Crippen molar-refractivity contribution < 1.29 is 22.7 Å². The molecule has 5 nitrogen and oxygen atoms in total. The molecule has 2 aliphatic heterocycles. The third-order valence-electron chi connectivity index (χ3n) is 6.38. The average Bonchev–Trinajstić information content (AvgIpc) is 3.53. The van der Waals surface area contributed by atoms with Gasteiger partial charge in [-0.1, -0.05) is 0 Å². The van der Waals surface area contributed by atoms with Crippen LogP contribution in [0.1, 0.15) is 54.8 Å². The molecule has 0 bridgehead atoms. The third kappa shape index (κ3) is 4.15. The fourth-order valence-corrected chi connectivity index (χ4v) is 5.41. The number of alkyl halides is 3. The molecule has 0 spiro atoms. The van der Waals surface area contributed by atoms with Crippen molar-refractivity contribution in [2.24, 2.45) is 0 Å². The summed E-state index contributed by atoms with van der Waals surface area (Å²) in [6, 6.07) is 5.82. The van der Waals surface area contributed by atoms with Gasteiger partial charge in [0.25, 0.3) is 0 Å². The van der Waals surface area contributed by atoms with Gasteiger partial charge in [0, 0.05) is 25.7 Å². The number of thiophene rings is 1. The summed E-state index contributed by atoms with van der Waals surface area (Å²) in [4.78, 5) is 19.2. The number of nitrogens with zero attached hydrogens (tertiary/aromatic N) is 3. The molecule has 2 saturated heterocycles. The number of aromatic nitrogens is 2. The standard InChI is InChI=1S/C23H24F3N3O2S/c24-23(25,26)16-3-4-19-18(13-16)27-22(20-2-1-10-31-20)29(19)17-5-8-28(9-6-17)21(30)12-15-7-11-32-14-15/h3-4,7,11,13-14,17,20H,1-2,5-6,8-10,12H2/t20-/m0/s1. The van der Waals surface area contributed by atoms with E-state index in [0.29, 0.717) is 43.0 Å². The number of halogens is 3. The molecule has 9 heteroatoms. The summed E-state index contributed by atoms with van der Waals surface area (Å²) in [5, 5.41) is 3.96. The number of carbonyl (C=O) groups is 1. The highest BCUT2D eigenvalue weighted by molar-refractivity contribution is 7.08. The van der Waals surface area contributed by atoms with E-state index in [9.17, 15) is 18.0 Å². The number of ether oxygens (including phenoxy) is 1. The molecule has 0 aliphatic carbocycles. The number of fused-ring (bicyclic) bond motifs is 1. The molecule has 3 aromatic rings. The topological polar surface area (TPSA) is 47.4 Å². The molecule has 1 amide bonds. The highest BCUT2D eigenvalue weighted by Gasteiger charge is 2.34.